The van der Waals surface area contributed by atoms with Crippen LogP contribution in [0.5, 0.6) is 0 Å². The first-order valence-corrected chi connectivity index (χ1v) is 24.7. The predicted molar refractivity (Wildman–Crippen MR) is 268 cm³/mol. The first-order chi connectivity index (χ1) is 35.3. The molecule has 0 aromatic rings. The van der Waals surface area contributed by atoms with Crippen molar-refractivity contribution < 1.29 is 87.0 Å². The summed E-state index contributed by atoms with van der Waals surface area (Å²) in [6.07, 6.45) is -0.800. The summed E-state index contributed by atoms with van der Waals surface area (Å²) in [7, 11) is 0. The zero-order chi connectivity index (χ0) is 56.7. The van der Waals surface area contributed by atoms with Gasteiger partial charge in [-0.05, 0) is 51.7 Å². The van der Waals surface area contributed by atoms with Crippen molar-refractivity contribution in [3.8, 4) is 0 Å². The van der Waals surface area contributed by atoms with E-state index in [0.29, 0.717) is 25.5 Å². The highest BCUT2D eigenvalue weighted by molar-refractivity contribution is 7.80. The zero-order valence-corrected chi connectivity index (χ0v) is 43.7. The molecule has 3 unspecified atom stereocenters. The highest BCUT2D eigenvalue weighted by Crippen LogP contribution is 2.40. The highest BCUT2D eigenvalue weighted by atomic mass is 32.1. The number of nitrogens with one attached hydrogen (secondary N) is 8. The van der Waals surface area contributed by atoms with Gasteiger partial charge in [0.25, 0.3) is 0 Å². The van der Waals surface area contributed by atoms with Crippen LogP contribution >= 0.6 is 12.6 Å². The first kappa shape index (κ1) is 65.9. The maximum Gasteiger partial charge on any atom is 0.407 e. The normalized spacial score (nSPS) is 13.6. The number of hydrogen-bond donors (Lipinski definition) is 14. The Kier molecular flexibility index (Phi) is 30.9. The second-order valence-electron chi connectivity index (χ2n) is 17.6. The minimum Gasteiger partial charge on any atom is -0.481 e. The zero-order valence-electron chi connectivity index (χ0n) is 42.8. The van der Waals surface area contributed by atoms with Crippen molar-refractivity contribution in [2.45, 2.75) is 110 Å². The van der Waals surface area contributed by atoms with Gasteiger partial charge < -0.3 is 67.4 Å². The number of amides is 8. The average molecular weight is 1090 g/mol. The smallest absolute Gasteiger partial charge is 0.407 e. The number of thiol groups is 1. The number of carboxylic acid groups (broad SMARTS) is 1. The number of hydrogen-bond acceptors (Lipinski definition) is 17. The fraction of sp³-hybridized carbons (Fsp3) is 0.630. The second kappa shape index (κ2) is 35.1. The van der Waals surface area contributed by atoms with Gasteiger partial charge in [0.2, 0.25) is 41.4 Å². The Morgan fingerprint density at radius 1 is 0.680 bits per heavy atom. The van der Waals surface area contributed by atoms with Gasteiger partial charge in [-0.1, -0.05) is 13.8 Å². The summed E-state index contributed by atoms with van der Waals surface area (Å²) in [5, 5.41) is 34.8. The van der Waals surface area contributed by atoms with Crippen LogP contribution in [0.3, 0.4) is 0 Å². The maximum atomic E-state index is 13.5. The number of carbonyl (C=O) groups is 12. The van der Waals surface area contributed by atoms with Crippen molar-refractivity contribution in [2.24, 2.45) is 22.6 Å². The van der Waals surface area contributed by atoms with Crippen molar-refractivity contribution in [3.05, 3.63) is 22.3 Å². The lowest BCUT2D eigenvalue weighted by Crippen LogP contribution is -2.78. The molecule has 8 amide bonds. The van der Waals surface area contributed by atoms with Gasteiger partial charge in [0, 0.05) is 66.7 Å². The van der Waals surface area contributed by atoms with E-state index in [1.165, 1.54) is 13.8 Å². The average Bonchev–Trinajstić information content (AvgIpc) is 3.33. The predicted octanol–water partition coefficient (Wildman–Crippen LogP) is -5.37. The molecule has 1 aliphatic rings. The first-order valence-electron chi connectivity index (χ1n) is 24.0. The van der Waals surface area contributed by atoms with E-state index in [0.717, 1.165) is 6.42 Å². The molecule has 0 aromatic carbocycles. The van der Waals surface area contributed by atoms with Gasteiger partial charge in [-0.25, -0.2) is 4.79 Å². The number of ketones is 2. The van der Waals surface area contributed by atoms with Crippen molar-refractivity contribution in [2.75, 3.05) is 71.5 Å². The summed E-state index contributed by atoms with van der Waals surface area (Å²) in [6.45, 7) is 5.19. The number of rotatable bonds is 37. The Balaban J connectivity index is 2.53. The van der Waals surface area contributed by atoms with E-state index in [9.17, 15) is 67.7 Å². The fourth-order valence-electron chi connectivity index (χ4n) is 7.10. The summed E-state index contributed by atoms with van der Waals surface area (Å²) in [5.41, 5.74) is 15.6. The van der Waals surface area contributed by atoms with Crippen LogP contribution in [0.2, 0.25) is 0 Å². The van der Waals surface area contributed by atoms with E-state index in [-0.39, 0.29) is 118 Å². The molecule has 28 nitrogen and oxygen atoms in total. The van der Waals surface area contributed by atoms with Gasteiger partial charge in [-0.3, -0.25) is 69.2 Å². The molecular weight excluding hydrogens is 1010 g/mol. The van der Waals surface area contributed by atoms with Crippen molar-refractivity contribution in [1.29, 1.82) is 0 Å². The number of aliphatic carboxylic acids is 1. The van der Waals surface area contributed by atoms with Gasteiger partial charge in [0.15, 0.2) is 11.6 Å². The number of carbonyl (C=O) groups excluding carboxylic acids is 11. The largest absolute Gasteiger partial charge is 0.481 e. The van der Waals surface area contributed by atoms with Crippen LogP contribution in [0.4, 0.5) is 4.79 Å². The van der Waals surface area contributed by atoms with Crippen LogP contribution in [0.1, 0.15) is 91.9 Å². The topological polar surface area (TPSA) is 449 Å². The van der Waals surface area contributed by atoms with Crippen LogP contribution in [-0.4, -0.2) is 177 Å². The summed E-state index contributed by atoms with van der Waals surface area (Å²) in [4.78, 5) is 153. The van der Waals surface area contributed by atoms with E-state index in [1.54, 1.807) is 13.8 Å². The molecule has 0 fully saturated rings. The Morgan fingerprint density at radius 2 is 1.32 bits per heavy atom. The molecule has 0 radical (unpaired) electrons. The van der Waals surface area contributed by atoms with Crippen LogP contribution < -0.4 is 59.4 Å². The number of nitrogens with two attached hydrogens (primary N) is 3. The summed E-state index contributed by atoms with van der Waals surface area (Å²) >= 11 is 4.11. The number of alkyl carbamates (subject to hydrolysis) is 1. The third-order valence-electron chi connectivity index (χ3n) is 10.9. The van der Waals surface area contributed by atoms with Crippen molar-refractivity contribution in [1.82, 2.24) is 37.2 Å². The third-order valence-corrected chi connectivity index (χ3v) is 11.2. The Bertz CT molecular complexity index is 2160. The monoisotopic (exact) mass is 1080 g/mol. The number of aliphatic hydroxyl groups excluding tert-OH is 1. The lowest BCUT2D eigenvalue weighted by molar-refractivity contribution is -0.459. The van der Waals surface area contributed by atoms with E-state index in [2.05, 4.69) is 49.5 Å². The number of primary amides is 1. The fourth-order valence-corrected chi connectivity index (χ4v) is 7.23. The number of allylic oxidation sites excluding steroid dienone is 4. The van der Waals surface area contributed by atoms with Crippen molar-refractivity contribution in [3.63, 3.8) is 0 Å². The molecule has 3 atom stereocenters. The second-order valence-corrected chi connectivity index (χ2v) is 18.1. The molecule has 16 N–H and O–H groups in total. The Hall–Kier alpha value is -7.14. The molecule has 420 valence electrons. The third kappa shape index (κ3) is 26.6. The number of aliphatic hydroxyl groups is 1. The quantitative estimate of drug-likeness (QED) is 0.00690. The van der Waals surface area contributed by atoms with Gasteiger partial charge in [-0.15, -0.1) is 0 Å². The minimum atomic E-state index is -1.74. The summed E-state index contributed by atoms with van der Waals surface area (Å²) in [6, 6.07) is -4.58. The number of ether oxygens (including phenoxy) is 3. The lowest BCUT2D eigenvalue weighted by atomic mass is 9.70. The number of Topliss-reactive ketones (excluding diaryl/α,β-unsaturated/α-hetero) is 2. The minimum absolute atomic E-state index is 0.00139. The molecule has 1 aliphatic carbocycles. The standard InChI is InChI=1S/C46H73N11O17S/c1-26-28(11-12-33(60)50-15-19-72-16-8-20-75)39(66)27(2)38(40(26)67)46(3,4)22-37(65)73-17-7-18-74-45(71)52-14-6-10-32(59)53-23-34(61)55-29(9-5-13-51-44(48)49)42(69)54-24-35(62)56-30(21-36(63)64)43(70)57-31(25-58)41(47)68/h29-31,58,75H,5-25H2,1-4H3,(H2,47,68)(H,50,60)(H,52,71)(H,53,59)(H,54,69)(H,55,61)(H,56,62)(H,57,70)(H,63,64)(H4,48,49,51)/p+1. The molecular formula is C46H74N11O17S+. The Labute approximate surface area is 439 Å². The van der Waals surface area contributed by atoms with E-state index in [4.69, 9.17) is 31.4 Å². The molecule has 0 bridgehead atoms. The molecule has 75 heavy (non-hydrogen) atoms. The number of carboxylic acids is 1. The summed E-state index contributed by atoms with van der Waals surface area (Å²) in [5.74, 6) is -8.19. The van der Waals surface area contributed by atoms with Gasteiger partial charge in [0.1, 0.15) is 18.1 Å². The van der Waals surface area contributed by atoms with E-state index in [1.807, 2.05) is 5.32 Å². The van der Waals surface area contributed by atoms with E-state index < -0.39 is 109 Å². The van der Waals surface area contributed by atoms with Gasteiger partial charge in [-0.2, -0.15) is 12.6 Å². The molecule has 0 heterocycles. The SMILES string of the molecule is CC1=C(CCC(=O)NCCOCCCS)C(=O)C(C)=C(C(C)(C)CC(=O)OCCCOC(=O)NCCCC(=O)NCC(=O)NC(CCC[NH+]=C(N)N)C(=O)NCC(=O)NC(CC(=O)O)C(=O)NC(CO)C(N)=O)C1=O. The molecule has 29 heteroatoms. The van der Waals surface area contributed by atoms with Crippen LogP contribution in [0, 0.1) is 5.41 Å². The van der Waals surface area contributed by atoms with Crippen LogP contribution in [-0.2, 0) is 67.0 Å². The molecule has 0 spiro atoms. The Morgan fingerprint density at radius 3 is 1.95 bits per heavy atom. The molecule has 0 aliphatic heterocycles. The van der Waals surface area contributed by atoms with E-state index >= 15 is 0 Å². The molecule has 0 saturated carbocycles. The molecule has 1 rings (SSSR count). The highest BCUT2D eigenvalue weighted by Gasteiger charge is 2.40. The number of esters is 1. The van der Waals surface area contributed by atoms with Crippen LogP contribution in [0.25, 0.3) is 0 Å². The summed E-state index contributed by atoms with van der Waals surface area (Å²) < 4.78 is 15.8. The van der Waals surface area contributed by atoms with Gasteiger partial charge >= 0.3 is 24.0 Å². The maximum absolute atomic E-state index is 13.5. The van der Waals surface area contributed by atoms with Crippen LogP contribution in [0.15, 0.2) is 22.3 Å². The van der Waals surface area contributed by atoms with Crippen molar-refractivity contribution >= 4 is 89.5 Å². The lowest BCUT2D eigenvalue weighted by Gasteiger charge is -2.31. The molecule has 0 aromatic heterocycles. The molecule has 0 saturated heterocycles. The number of guanidine groups is 1. The van der Waals surface area contributed by atoms with Gasteiger partial charge in [0.05, 0.1) is 58.9 Å².